The van der Waals surface area contributed by atoms with Gasteiger partial charge in [-0.15, -0.1) is 0 Å². The van der Waals surface area contributed by atoms with Crippen LogP contribution in [0.4, 0.5) is 45.5 Å². The van der Waals surface area contributed by atoms with Crippen molar-refractivity contribution >= 4 is 79.4 Å². The molecule has 1 fully saturated rings. The summed E-state index contributed by atoms with van der Waals surface area (Å²) in [5.74, 6) is 0. The molecule has 0 spiro atoms. The Kier molecular flexibility index (Phi) is 9.21. The third kappa shape index (κ3) is 6.24. The van der Waals surface area contributed by atoms with Crippen molar-refractivity contribution in [3.63, 3.8) is 0 Å². The van der Waals surface area contributed by atoms with E-state index in [4.69, 9.17) is 0 Å². The molecular formula is C63H62BN3. The second-order valence-corrected chi connectivity index (χ2v) is 22.6. The van der Waals surface area contributed by atoms with Gasteiger partial charge in [0.05, 0.1) is 5.54 Å². The lowest BCUT2D eigenvalue weighted by molar-refractivity contribution is 0.195. The molecule has 0 amide bonds. The lowest BCUT2D eigenvalue weighted by Crippen LogP contribution is -2.64. The van der Waals surface area contributed by atoms with Crippen LogP contribution in [-0.2, 0) is 16.2 Å². The second kappa shape index (κ2) is 14.7. The molecule has 12 rings (SSSR count). The van der Waals surface area contributed by atoms with E-state index in [9.17, 15) is 0 Å². The first-order valence-corrected chi connectivity index (χ1v) is 24.8. The maximum absolute atomic E-state index is 2.86. The maximum atomic E-state index is 2.86. The predicted molar refractivity (Wildman–Crippen MR) is 288 cm³/mol. The van der Waals surface area contributed by atoms with E-state index in [-0.39, 0.29) is 28.5 Å². The molecule has 67 heavy (non-hydrogen) atoms. The first kappa shape index (κ1) is 41.9. The standard InChI is InChI=1S/C63H62BN3/c1-41-33-56-58-57(34-41)67-59-52(62(8)31-18-19-32-63(62,67)9)38-45(61(5,6)7)39-54(59)64(58)53-30-29-48(40-55(53)66(56)47-25-14-11-15-26-47)65(46-23-12-10-13-24-46)49-36-43(35-44(37-49)60(2,3)4)51-28-20-22-42-21-16-17-27-50(42)51/h10-17,20-30,33-40H,18-19,31-32H2,1-9H3. The number of hydrogen-bond acceptors (Lipinski definition) is 3. The minimum Gasteiger partial charge on any atom is -0.335 e. The summed E-state index contributed by atoms with van der Waals surface area (Å²) >= 11 is 0. The largest absolute Gasteiger partial charge is 0.335 e. The zero-order valence-electron chi connectivity index (χ0n) is 40.8. The van der Waals surface area contributed by atoms with Crippen LogP contribution in [0.5, 0.6) is 0 Å². The third-order valence-electron chi connectivity index (χ3n) is 16.5. The zero-order valence-corrected chi connectivity index (χ0v) is 40.8. The lowest BCUT2D eigenvalue weighted by atomic mass is 9.33. The molecular weight excluding hydrogens is 810 g/mol. The molecule has 3 aliphatic heterocycles. The summed E-state index contributed by atoms with van der Waals surface area (Å²) < 4.78 is 0. The molecule has 0 bridgehead atoms. The highest BCUT2D eigenvalue weighted by molar-refractivity contribution is 7.00. The number of anilines is 8. The number of fused-ring (bicyclic) bond motifs is 8. The van der Waals surface area contributed by atoms with Gasteiger partial charge in [0.1, 0.15) is 0 Å². The Balaban J connectivity index is 1.14. The normalized spacial score (nSPS) is 19.2. The fourth-order valence-electron chi connectivity index (χ4n) is 12.7. The molecule has 0 N–H and O–H groups in total. The van der Waals surface area contributed by atoms with Crippen molar-refractivity contribution in [3.8, 4) is 11.1 Å². The van der Waals surface area contributed by atoms with E-state index in [0.717, 1.165) is 17.1 Å². The molecule has 2 unspecified atom stereocenters. The maximum Gasteiger partial charge on any atom is 0.252 e. The number of rotatable bonds is 5. The molecule has 3 heterocycles. The molecule has 1 aliphatic carbocycles. The predicted octanol–water partition coefficient (Wildman–Crippen LogP) is 15.2. The van der Waals surface area contributed by atoms with Crippen LogP contribution in [-0.4, -0.2) is 12.3 Å². The molecule has 8 aromatic rings. The Hall–Kier alpha value is -6.52. The van der Waals surface area contributed by atoms with Gasteiger partial charge in [-0.2, -0.15) is 0 Å². The molecule has 4 aliphatic rings. The van der Waals surface area contributed by atoms with E-state index in [1.54, 1.807) is 5.56 Å². The third-order valence-corrected chi connectivity index (χ3v) is 16.5. The smallest absolute Gasteiger partial charge is 0.252 e. The Morgan fingerprint density at radius 2 is 1.22 bits per heavy atom. The minimum absolute atomic E-state index is 0.00312. The summed E-state index contributed by atoms with van der Waals surface area (Å²) in [5, 5.41) is 2.52. The molecule has 2 atom stereocenters. The van der Waals surface area contributed by atoms with E-state index in [1.807, 2.05) is 0 Å². The Morgan fingerprint density at radius 1 is 0.552 bits per heavy atom. The van der Waals surface area contributed by atoms with Crippen molar-refractivity contribution in [3.05, 3.63) is 186 Å². The van der Waals surface area contributed by atoms with E-state index >= 15 is 0 Å². The van der Waals surface area contributed by atoms with Gasteiger partial charge in [0.15, 0.2) is 0 Å². The number of hydrogen-bond donors (Lipinski definition) is 0. The van der Waals surface area contributed by atoms with Gasteiger partial charge in [-0.1, -0.05) is 164 Å². The SMILES string of the molecule is Cc1cc2c3c(c1)N1c4c(cc(C(C)(C)C)cc4C4(C)CCCCC14C)B3c1ccc(N(c3ccccc3)c3cc(-c4cccc5ccccc45)cc(C(C)(C)C)c3)cc1N2c1ccccc1. The van der Waals surface area contributed by atoms with Gasteiger partial charge in [-0.25, -0.2) is 0 Å². The van der Waals surface area contributed by atoms with Gasteiger partial charge >= 0.3 is 0 Å². The monoisotopic (exact) mass is 872 g/mol. The number of benzene rings is 8. The molecule has 8 aromatic carbocycles. The highest BCUT2D eigenvalue weighted by Gasteiger charge is 2.61. The first-order valence-electron chi connectivity index (χ1n) is 24.8. The van der Waals surface area contributed by atoms with Crippen molar-refractivity contribution in [2.75, 3.05) is 14.7 Å². The quantitative estimate of drug-likeness (QED) is 0.160. The highest BCUT2D eigenvalue weighted by Crippen LogP contribution is 2.62. The van der Waals surface area contributed by atoms with Gasteiger partial charge in [0.25, 0.3) is 6.71 Å². The van der Waals surface area contributed by atoms with Crippen molar-refractivity contribution in [2.45, 2.75) is 110 Å². The van der Waals surface area contributed by atoms with Crippen molar-refractivity contribution < 1.29 is 0 Å². The van der Waals surface area contributed by atoms with Crippen LogP contribution in [0.2, 0.25) is 0 Å². The fourth-order valence-corrected chi connectivity index (χ4v) is 12.7. The van der Waals surface area contributed by atoms with Crippen LogP contribution in [0, 0.1) is 6.92 Å². The van der Waals surface area contributed by atoms with E-state index in [0.29, 0.717) is 0 Å². The minimum atomic E-state index is -0.0840. The number of aryl methyl sites for hydroxylation is 1. The van der Waals surface area contributed by atoms with Crippen LogP contribution in [0.1, 0.15) is 103 Å². The van der Waals surface area contributed by atoms with Crippen molar-refractivity contribution in [1.82, 2.24) is 0 Å². The van der Waals surface area contributed by atoms with Gasteiger partial charge in [0.2, 0.25) is 0 Å². The number of para-hydroxylation sites is 2. The van der Waals surface area contributed by atoms with E-state index in [2.05, 4.69) is 241 Å². The lowest BCUT2D eigenvalue weighted by Gasteiger charge is -2.52. The summed E-state index contributed by atoms with van der Waals surface area (Å²) in [6.07, 6.45) is 4.93. The van der Waals surface area contributed by atoms with Crippen LogP contribution >= 0.6 is 0 Å². The molecule has 4 heteroatoms. The second-order valence-electron chi connectivity index (χ2n) is 22.6. The molecule has 0 aromatic heterocycles. The highest BCUT2D eigenvalue weighted by atomic mass is 15.3. The van der Waals surface area contributed by atoms with Crippen molar-refractivity contribution in [2.24, 2.45) is 0 Å². The molecule has 0 radical (unpaired) electrons. The Bertz CT molecular complexity index is 3280. The average Bonchev–Trinajstić information content (AvgIpc) is 3.53. The molecule has 3 nitrogen and oxygen atoms in total. The summed E-state index contributed by atoms with van der Waals surface area (Å²) in [6, 6.07) is 62.6. The summed E-state index contributed by atoms with van der Waals surface area (Å²) in [6.45, 7) is 21.8. The van der Waals surface area contributed by atoms with E-state index < -0.39 is 0 Å². The Labute approximate surface area is 399 Å². The van der Waals surface area contributed by atoms with Gasteiger partial charge in [-0.3, -0.25) is 0 Å². The molecule has 332 valence electrons. The summed E-state index contributed by atoms with van der Waals surface area (Å²) in [7, 11) is 0. The van der Waals surface area contributed by atoms with Crippen LogP contribution < -0.4 is 31.1 Å². The fraction of sp³-hybridized carbons (Fsp3) is 0.270. The molecule has 1 saturated carbocycles. The van der Waals surface area contributed by atoms with Crippen LogP contribution in [0.3, 0.4) is 0 Å². The van der Waals surface area contributed by atoms with Crippen LogP contribution in [0.15, 0.2) is 164 Å². The zero-order chi connectivity index (χ0) is 46.2. The topological polar surface area (TPSA) is 9.72 Å². The first-order chi connectivity index (χ1) is 32.1. The van der Waals surface area contributed by atoms with E-state index in [1.165, 1.54) is 109 Å². The summed E-state index contributed by atoms with van der Waals surface area (Å²) in [4.78, 5) is 7.95. The number of nitrogens with zero attached hydrogens (tertiary/aromatic N) is 3. The van der Waals surface area contributed by atoms with Crippen molar-refractivity contribution in [1.29, 1.82) is 0 Å². The molecule has 0 saturated heterocycles. The van der Waals surface area contributed by atoms with Gasteiger partial charge in [0, 0.05) is 50.9 Å². The average molecular weight is 872 g/mol. The Morgan fingerprint density at radius 3 is 1.99 bits per heavy atom. The van der Waals surface area contributed by atoms with Crippen LogP contribution in [0.25, 0.3) is 21.9 Å². The van der Waals surface area contributed by atoms with Gasteiger partial charge < -0.3 is 14.7 Å². The summed E-state index contributed by atoms with van der Waals surface area (Å²) in [5.41, 5.74) is 22.2. The van der Waals surface area contributed by atoms with Gasteiger partial charge in [-0.05, 0) is 159 Å².